The molecule has 1 N–H and O–H groups in total. The van der Waals surface area contributed by atoms with E-state index in [1.165, 1.54) is 16.7 Å². The van der Waals surface area contributed by atoms with Crippen molar-refractivity contribution in [3.05, 3.63) is 34.9 Å². The van der Waals surface area contributed by atoms with Crippen molar-refractivity contribution < 1.29 is 4.79 Å². The van der Waals surface area contributed by atoms with Crippen LogP contribution in [0.4, 0.5) is 0 Å². The maximum Gasteiger partial charge on any atom is 0.220 e. The predicted molar refractivity (Wildman–Crippen MR) is 65.4 cm³/mol. The molecule has 2 heteroatoms. The summed E-state index contributed by atoms with van der Waals surface area (Å²) >= 11 is 0. The quantitative estimate of drug-likeness (QED) is 0.810. The average Bonchev–Trinajstić information content (AvgIpc) is 2.54. The molecule has 0 radical (unpaired) electrons. The van der Waals surface area contributed by atoms with Gasteiger partial charge in [-0.05, 0) is 50.3 Å². The largest absolute Gasteiger partial charge is 0.351 e. The van der Waals surface area contributed by atoms with Gasteiger partial charge in [0.15, 0.2) is 0 Å². The number of carbonyl (C=O) groups excluding carboxylic acids is 1. The number of hydrogen-bond acceptors (Lipinski definition) is 1. The molecule has 86 valence electrons. The summed E-state index contributed by atoms with van der Waals surface area (Å²) in [6, 6.07) is 6.39. The fraction of sp³-hybridized carbons (Fsp3) is 0.500. The second-order valence-electron chi connectivity index (χ2n) is 5.14. The van der Waals surface area contributed by atoms with Crippen LogP contribution < -0.4 is 5.32 Å². The van der Waals surface area contributed by atoms with Crippen LogP contribution in [0.3, 0.4) is 0 Å². The molecule has 0 aromatic heterocycles. The smallest absolute Gasteiger partial charge is 0.220 e. The van der Waals surface area contributed by atoms with Crippen molar-refractivity contribution >= 4 is 5.91 Å². The van der Waals surface area contributed by atoms with Gasteiger partial charge in [-0.3, -0.25) is 4.79 Å². The predicted octanol–water partition coefficient (Wildman–Crippen LogP) is 2.51. The number of aryl methyl sites for hydroxylation is 1. The molecule has 1 unspecified atom stereocenters. The van der Waals surface area contributed by atoms with Crippen molar-refractivity contribution in [2.45, 2.75) is 45.6 Å². The van der Waals surface area contributed by atoms with Gasteiger partial charge >= 0.3 is 0 Å². The van der Waals surface area contributed by atoms with Crippen molar-refractivity contribution in [3.63, 3.8) is 0 Å². The molecule has 1 fully saturated rings. The third-order valence-electron chi connectivity index (χ3n) is 3.64. The van der Waals surface area contributed by atoms with Crippen molar-refractivity contribution in [1.82, 2.24) is 5.32 Å². The molecule has 1 aromatic rings. The first-order valence-electron chi connectivity index (χ1n) is 5.86. The van der Waals surface area contributed by atoms with Crippen molar-refractivity contribution in [3.8, 4) is 0 Å². The molecular weight excluding hydrogens is 198 g/mol. The number of carbonyl (C=O) groups is 1. The molecule has 1 saturated heterocycles. The highest BCUT2D eigenvalue weighted by atomic mass is 16.2. The number of amides is 1. The molecule has 1 aliphatic heterocycles. The molecule has 2 nitrogen and oxygen atoms in total. The number of hydrogen-bond donors (Lipinski definition) is 1. The summed E-state index contributed by atoms with van der Waals surface area (Å²) in [6.45, 7) is 6.43. The molecule has 1 aromatic carbocycles. The Morgan fingerprint density at radius 2 is 2.12 bits per heavy atom. The standard InChI is InChI=1S/C14H19NO/c1-10-5-4-6-12(11(10)2)9-14(3)8-7-13(16)15-14/h4-6H,7-9H2,1-3H3,(H,15,16). The first kappa shape index (κ1) is 11.2. The van der Waals surface area contributed by atoms with Gasteiger partial charge in [0, 0.05) is 12.0 Å². The van der Waals surface area contributed by atoms with E-state index in [-0.39, 0.29) is 11.4 Å². The van der Waals surface area contributed by atoms with Crippen LogP contribution >= 0.6 is 0 Å². The third kappa shape index (κ3) is 2.11. The van der Waals surface area contributed by atoms with Crippen molar-refractivity contribution in [2.24, 2.45) is 0 Å². The zero-order valence-corrected chi connectivity index (χ0v) is 10.3. The van der Waals surface area contributed by atoms with Gasteiger partial charge < -0.3 is 5.32 Å². The van der Waals surface area contributed by atoms with Crippen molar-refractivity contribution in [2.75, 3.05) is 0 Å². The zero-order chi connectivity index (χ0) is 11.8. The maximum absolute atomic E-state index is 11.3. The Balaban J connectivity index is 2.21. The lowest BCUT2D eigenvalue weighted by atomic mass is 9.88. The van der Waals surface area contributed by atoms with Crippen LogP contribution in [0.2, 0.25) is 0 Å². The van der Waals surface area contributed by atoms with Crippen molar-refractivity contribution in [1.29, 1.82) is 0 Å². The molecule has 1 atom stereocenters. The van der Waals surface area contributed by atoms with Gasteiger partial charge in [0.2, 0.25) is 5.91 Å². The molecule has 0 bridgehead atoms. The van der Waals surface area contributed by atoms with E-state index >= 15 is 0 Å². The minimum absolute atomic E-state index is 0.0460. The summed E-state index contributed by atoms with van der Waals surface area (Å²) < 4.78 is 0. The Morgan fingerprint density at radius 1 is 1.38 bits per heavy atom. The van der Waals surface area contributed by atoms with Gasteiger partial charge in [-0.15, -0.1) is 0 Å². The summed E-state index contributed by atoms with van der Waals surface area (Å²) in [7, 11) is 0. The zero-order valence-electron chi connectivity index (χ0n) is 10.3. The van der Waals surface area contributed by atoms with Gasteiger partial charge in [0.25, 0.3) is 0 Å². The first-order chi connectivity index (χ1) is 7.50. The molecule has 16 heavy (non-hydrogen) atoms. The minimum Gasteiger partial charge on any atom is -0.351 e. The van der Waals surface area contributed by atoms with Gasteiger partial charge in [-0.1, -0.05) is 18.2 Å². The van der Waals surface area contributed by atoms with E-state index in [2.05, 4.69) is 44.3 Å². The highest BCUT2D eigenvalue weighted by Crippen LogP contribution is 2.26. The van der Waals surface area contributed by atoms with Crippen LogP contribution in [0.25, 0.3) is 0 Å². The molecule has 1 aliphatic rings. The van der Waals surface area contributed by atoms with E-state index in [1.54, 1.807) is 0 Å². The van der Waals surface area contributed by atoms with Crippen LogP contribution in [-0.2, 0) is 11.2 Å². The Bertz CT molecular complexity index is 425. The maximum atomic E-state index is 11.3. The second-order valence-corrected chi connectivity index (χ2v) is 5.14. The highest BCUT2D eigenvalue weighted by Gasteiger charge is 2.33. The summed E-state index contributed by atoms with van der Waals surface area (Å²) in [6.07, 6.45) is 2.55. The van der Waals surface area contributed by atoms with Crippen LogP contribution in [0.5, 0.6) is 0 Å². The summed E-state index contributed by atoms with van der Waals surface area (Å²) in [5, 5.41) is 3.09. The summed E-state index contributed by atoms with van der Waals surface area (Å²) in [5.74, 6) is 0.188. The SMILES string of the molecule is Cc1cccc(CC2(C)CCC(=O)N2)c1C. The van der Waals surface area contributed by atoms with Crippen LogP contribution in [0.15, 0.2) is 18.2 Å². The normalized spacial score (nSPS) is 24.6. The molecular formula is C14H19NO. The Labute approximate surface area is 97.1 Å². The monoisotopic (exact) mass is 217 g/mol. The van der Waals surface area contributed by atoms with Gasteiger partial charge in [0.1, 0.15) is 0 Å². The average molecular weight is 217 g/mol. The van der Waals surface area contributed by atoms with E-state index < -0.39 is 0 Å². The lowest BCUT2D eigenvalue weighted by Crippen LogP contribution is -2.40. The molecule has 1 amide bonds. The first-order valence-corrected chi connectivity index (χ1v) is 5.86. The van der Waals surface area contributed by atoms with Crippen LogP contribution in [-0.4, -0.2) is 11.4 Å². The highest BCUT2D eigenvalue weighted by molar-refractivity contribution is 5.79. The lowest BCUT2D eigenvalue weighted by molar-refractivity contribution is -0.119. The number of rotatable bonds is 2. The number of benzene rings is 1. The molecule has 0 saturated carbocycles. The van der Waals surface area contributed by atoms with Crippen LogP contribution in [0.1, 0.15) is 36.5 Å². The van der Waals surface area contributed by atoms with Crippen LogP contribution in [0, 0.1) is 13.8 Å². The third-order valence-corrected chi connectivity index (χ3v) is 3.64. The second kappa shape index (κ2) is 3.93. The molecule has 2 rings (SSSR count). The fourth-order valence-corrected chi connectivity index (χ4v) is 2.41. The van der Waals surface area contributed by atoms with Gasteiger partial charge in [0.05, 0.1) is 0 Å². The molecule has 0 spiro atoms. The van der Waals surface area contributed by atoms with E-state index in [9.17, 15) is 4.79 Å². The molecule has 1 heterocycles. The van der Waals surface area contributed by atoms with E-state index in [0.29, 0.717) is 6.42 Å². The minimum atomic E-state index is -0.0460. The van der Waals surface area contributed by atoms with E-state index in [0.717, 1.165) is 12.8 Å². The fourth-order valence-electron chi connectivity index (χ4n) is 2.41. The summed E-state index contributed by atoms with van der Waals surface area (Å²) in [4.78, 5) is 11.3. The van der Waals surface area contributed by atoms with Gasteiger partial charge in [-0.2, -0.15) is 0 Å². The Morgan fingerprint density at radius 3 is 2.75 bits per heavy atom. The van der Waals surface area contributed by atoms with E-state index in [4.69, 9.17) is 0 Å². The topological polar surface area (TPSA) is 29.1 Å². The van der Waals surface area contributed by atoms with Gasteiger partial charge in [-0.25, -0.2) is 0 Å². The van der Waals surface area contributed by atoms with E-state index in [1.807, 2.05) is 0 Å². The lowest BCUT2D eigenvalue weighted by Gasteiger charge is -2.25. The molecule has 0 aliphatic carbocycles. The Kier molecular flexibility index (Phi) is 2.75. The Hall–Kier alpha value is -1.31. The number of nitrogens with one attached hydrogen (secondary N) is 1. The summed E-state index contributed by atoms with van der Waals surface area (Å²) in [5.41, 5.74) is 3.98.